The number of aromatic nitrogens is 3. The lowest BCUT2D eigenvalue weighted by Crippen LogP contribution is -2.34. The van der Waals surface area contributed by atoms with Crippen LogP contribution in [0.5, 0.6) is 0 Å². The molecule has 3 heterocycles. The Labute approximate surface area is 188 Å². The number of allylic oxidation sites excluding steroid dienone is 2. The number of hydrogen-bond donors (Lipinski definition) is 1. The maximum Gasteiger partial charge on any atom is 0.226 e. The molecule has 32 heavy (non-hydrogen) atoms. The van der Waals surface area contributed by atoms with Gasteiger partial charge in [0, 0.05) is 54.6 Å². The summed E-state index contributed by atoms with van der Waals surface area (Å²) in [5.41, 5.74) is 2.76. The molecular formula is C26H27N5O. The molecule has 1 saturated heterocycles. The maximum atomic E-state index is 13.0. The van der Waals surface area contributed by atoms with Crippen LogP contribution >= 0.6 is 0 Å². The summed E-state index contributed by atoms with van der Waals surface area (Å²) < 4.78 is 0. The normalized spacial score (nSPS) is 20.3. The van der Waals surface area contributed by atoms with E-state index in [9.17, 15) is 4.79 Å². The topological polar surface area (TPSA) is 71.0 Å². The summed E-state index contributed by atoms with van der Waals surface area (Å²) in [6.07, 6.45) is 11.6. The van der Waals surface area contributed by atoms with Crippen LogP contribution in [0.25, 0.3) is 11.3 Å². The number of carbonyl (C=O) groups is 1. The van der Waals surface area contributed by atoms with Crippen LogP contribution in [0.15, 0.2) is 73.1 Å². The number of rotatable bonds is 5. The van der Waals surface area contributed by atoms with E-state index in [-0.39, 0.29) is 17.7 Å². The van der Waals surface area contributed by atoms with Gasteiger partial charge < -0.3 is 10.2 Å². The average Bonchev–Trinajstić information content (AvgIpc) is 3.36. The van der Waals surface area contributed by atoms with Crippen molar-refractivity contribution in [1.82, 2.24) is 19.9 Å². The Bertz CT molecular complexity index is 1100. The van der Waals surface area contributed by atoms with Crippen LogP contribution < -0.4 is 5.32 Å². The Morgan fingerprint density at radius 3 is 2.72 bits per heavy atom. The lowest BCUT2D eigenvalue weighted by molar-refractivity contribution is -0.134. The smallest absolute Gasteiger partial charge is 0.226 e. The van der Waals surface area contributed by atoms with Gasteiger partial charge in [-0.15, -0.1) is 0 Å². The minimum atomic E-state index is 0.122. The number of nitrogens with zero attached hydrogens (tertiary/aromatic N) is 4. The van der Waals surface area contributed by atoms with Gasteiger partial charge in [-0.2, -0.15) is 0 Å². The zero-order chi connectivity index (χ0) is 21.8. The average molecular weight is 426 g/mol. The first-order valence-electron chi connectivity index (χ1n) is 11.3. The first-order chi connectivity index (χ1) is 15.8. The number of likely N-dealkylation sites (tertiary alicyclic amines) is 1. The van der Waals surface area contributed by atoms with Gasteiger partial charge in [0.15, 0.2) is 0 Å². The molecule has 6 heteroatoms. The highest BCUT2D eigenvalue weighted by atomic mass is 16.2. The van der Waals surface area contributed by atoms with E-state index < -0.39 is 0 Å². The second kappa shape index (κ2) is 9.30. The predicted octanol–water partition coefficient (Wildman–Crippen LogP) is 4.95. The van der Waals surface area contributed by atoms with E-state index >= 15 is 0 Å². The Balaban J connectivity index is 1.40. The van der Waals surface area contributed by atoms with E-state index in [0.29, 0.717) is 6.54 Å². The largest absolute Gasteiger partial charge is 0.342 e. The molecular weight excluding hydrogens is 398 g/mol. The molecule has 2 atom stereocenters. The first-order valence-corrected chi connectivity index (χ1v) is 11.3. The van der Waals surface area contributed by atoms with Crippen LogP contribution in [0.2, 0.25) is 0 Å². The molecule has 0 saturated carbocycles. The summed E-state index contributed by atoms with van der Waals surface area (Å²) in [4.78, 5) is 29.0. The van der Waals surface area contributed by atoms with E-state index in [1.165, 1.54) is 0 Å². The third-order valence-electron chi connectivity index (χ3n) is 6.23. The second-order valence-electron chi connectivity index (χ2n) is 8.48. The molecule has 1 amide bonds. The lowest BCUT2D eigenvalue weighted by atomic mass is 9.93. The molecule has 1 N–H and O–H groups in total. The summed E-state index contributed by atoms with van der Waals surface area (Å²) in [6.45, 7) is 1.45. The third kappa shape index (κ3) is 4.54. The van der Waals surface area contributed by atoms with Crippen molar-refractivity contribution in [2.24, 2.45) is 5.92 Å². The van der Waals surface area contributed by atoms with E-state index in [0.717, 1.165) is 60.8 Å². The first kappa shape index (κ1) is 20.4. The molecule has 1 aliphatic heterocycles. The van der Waals surface area contributed by atoms with Gasteiger partial charge in [-0.25, -0.2) is 9.97 Å². The van der Waals surface area contributed by atoms with Gasteiger partial charge in [0.1, 0.15) is 11.6 Å². The van der Waals surface area contributed by atoms with Crippen LogP contribution in [0.4, 0.5) is 11.5 Å². The molecule has 162 valence electrons. The van der Waals surface area contributed by atoms with Crippen molar-refractivity contribution < 1.29 is 4.79 Å². The lowest BCUT2D eigenvalue weighted by Gasteiger charge is -2.24. The number of benzene rings is 1. The van der Waals surface area contributed by atoms with Gasteiger partial charge in [-0.05, 0) is 49.9 Å². The Hall–Kier alpha value is -3.54. The number of para-hydroxylation sites is 1. The molecule has 1 fully saturated rings. The highest BCUT2D eigenvalue weighted by molar-refractivity contribution is 5.79. The Morgan fingerprint density at radius 1 is 1.03 bits per heavy atom. The van der Waals surface area contributed by atoms with Crippen LogP contribution in [0, 0.1) is 5.92 Å². The van der Waals surface area contributed by atoms with Gasteiger partial charge in [0.05, 0.1) is 5.69 Å². The molecule has 6 nitrogen and oxygen atoms in total. The van der Waals surface area contributed by atoms with Gasteiger partial charge in [-0.3, -0.25) is 9.78 Å². The number of carbonyl (C=O) groups excluding carboxylic acids is 1. The van der Waals surface area contributed by atoms with Crippen molar-refractivity contribution >= 4 is 17.4 Å². The molecule has 3 aromatic rings. The standard InChI is InChI=1S/C26H27N5O/c32-26(19-8-3-1-4-9-19)31-15-13-21(18-31)25-29-23(20-10-7-14-27-17-20)16-24(30-25)28-22-11-5-2-6-12-22/h1-3,5-7,10-12,14,16-17,19,21H,4,8-9,13,15,18H2,(H,28,29,30)/t19-,21-/m1/s1. The molecule has 1 aromatic carbocycles. The highest BCUT2D eigenvalue weighted by Gasteiger charge is 2.33. The summed E-state index contributed by atoms with van der Waals surface area (Å²) >= 11 is 0. The van der Waals surface area contributed by atoms with E-state index in [1.54, 1.807) is 6.20 Å². The molecule has 0 radical (unpaired) electrons. The van der Waals surface area contributed by atoms with Crippen LogP contribution in [-0.4, -0.2) is 38.8 Å². The van der Waals surface area contributed by atoms with Crippen LogP contribution in [-0.2, 0) is 4.79 Å². The number of amides is 1. The quantitative estimate of drug-likeness (QED) is 0.586. The maximum absolute atomic E-state index is 13.0. The van der Waals surface area contributed by atoms with Crippen LogP contribution in [0.3, 0.4) is 0 Å². The second-order valence-corrected chi connectivity index (χ2v) is 8.48. The van der Waals surface area contributed by atoms with E-state index in [1.807, 2.05) is 59.6 Å². The monoisotopic (exact) mass is 425 g/mol. The summed E-state index contributed by atoms with van der Waals surface area (Å²) in [5, 5.41) is 3.40. The fourth-order valence-corrected chi connectivity index (χ4v) is 4.49. The van der Waals surface area contributed by atoms with Crippen molar-refractivity contribution in [3.05, 3.63) is 78.9 Å². The number of pyridine rings is 1. The molecule has 1 aliphatic carbocycles. The van der Waals surface area contributed by atoms with Crippen LogP contribution in [0.1, 0.15) is 37.4 Å². The molecule has 2 aliphatic rings. The number of hydrogen-bond acceptors (Lipinski definition) is 5. The molecule has 0 bridgehead atoms. The van der Waals surface area contributed by atoms with Crippen molar-refractivity contribution in [2.75, 3.05) is 18.4 Å². The highest BCUT2D eigenvalue weighted by Crippen LogP contribution is 2.31. The Kier molecular flexibility index (Phi) is 5.92. The van der Waals surface area contributed by atoms with Crippen molar-refractivity contribution in [3.63, 3.8) is 0 Å². The summed E-state index contributed by atoms with van der Waals surface area (Å²) in [7, 11) is 0. The van der Waals surface area contributed by atoms with Crippen molar-refractivity contribution in [1.29, 1.82) is 0 Å². The predicted molar refractivity (Wildman–Crippen MR) is 125 cm³/mol. The van der Waals surface area contributed by atoms with E-state index in [2.05, 4.69) is 22.5 Å². The van der Waals surface area contributed by atoms with Crippen molar-refractivity contribution in [3.8, 4) is 11.3 Å². The fourth-order valence-electron chi connectivity index (χ4n) is 4.49. The zero-order valence-corrected chi connectivity index (χ0v) is 18.0. The zero-order valence-electron chi connectivity index (χ0n) is 18.0. The summed E-state index contributed by atoms with van der Waals surface area (Å²) in [5.74, 6) is 2.07. The molecule has 2 aromatic heterocycles. The van der Waals surface area contributed by atoms with Gasteiger partial charge in [0.2, 0.25) is 5.91 Å². The van der Waals surface area contributed by atoms with Gasteiger partial charge >= 0.3 is 0 Å². The minimum Gasteiger partial charge on any atom is -0.342 e. The summed E-state index contributed by atoms with van der Waals surface area (Å²) in [6, 6.07) is 15.9. The number of anilines is 2. The fraction of sp³-hybridized carbons (Fsp3) is 0.308. The van der Waals surface area contributed by atoms with Gasteiger partial charge in [-0.1, -0.05) is 30.4 Å². The minimum absolute atomic E-state index is 0.122. The number of nitrogens with one attached hydrogen (secondary N) is 1. The van der Waals surface area contributed by atoms with E-state index in [4.69, 9.17) is 9.97 Å². The van der Waals surface area contributed by atoms with Crippen molar-refractivity contribution in [2.45, 2.75) is 31.6 Å². The Morgan fingerprint density at radius 2 is 1.94 bits per heavy atom. The molecule has 0 spiro atoms. The van der Waals surface area contributed by atoms with Gasteiger partial charge in [0.25, 0.3) is 0 Å². The molecule has 0 unspecified atom stereocenters. The molecule has 5 rings (SSSR count). The SMILES string of the molecule is O=C([C@@H]1CC=CCC1)N1CC[C@@H](c2nc(Nc3ccccc3)cc(-c3cccnc3)n2)C1. The third-order valence-corrected chi connectivity index (χ3v) is 6.23.